The molecule has 1 amide bonds. The highest BCUT2D eigenvalue weighted by Gasteiger charge is 2.38. The van der Waals surface area contributed by atoms with E-state index in [1.165, 1.54) is 15.3 Å². The highest BCUT2D eigenvalue weighted by atomic mass is 32.2. The molecule has 2 aliphatic heterocycles. The third-order valence-electron chi connectivity index (χ3n) is 7.11. The third kappa shape index (κ3) is 5.21. The van der Waals surface area contributed by atoms with E-state index in [1.54, 1.807) is 46.6 Å². The van der Waals surface area contributed by atoms with Crippen molar-refractivity contribution in [3.05, 3.63) is 75.0 Å². The number of hydrogen-bond donors (Lipinski definition) is 0. The standard InChI is InChI=1S/C26H29FN2OS3/c1-31-25-7-6-24(33-25)26(30)29-15-21(23(16-29)20-10-13-32-17-20)14-28-11-8-19(9-12-28)18-2-4-22(27)5-3-18/h2-7,10,13,17,19,21,23H,8-9,11-12,14-16H2,1H3. The largest absolute Gasteiger partial charge is 0.337 e. The molecule has 2 unspecified atom stereocenters. The van der Waals surface area contributed by atoms with Gasteiger partial charge in [-0.3, -0.25) is 4.79 Å². The van der Waals surface area contributed by atoms with Crippen LogP contribution in [0.25, 0.3) is 0 Å². The Bertz CT molecular complexity index is 1060. The summed E-state index contributed by atoms with van der Waals surface area (Å²) >= 11 is 5.04. The molecule has 2 atom stereocenters. The van der Waals surface area contributed by atoms with Crippen LogP contribution in [-0.4, -0.2) is 54.7 Å². The Morgan fingerprint density at radius 1 is 1.06 bits per heavy atom. The van der Waals surface area contributed by atoms with Crippen LogP contribution >= 0.6 is 34.4 Å². The zero-order valence-corrected chi connectivity index (χ0v) is 21.2. The molecular weight excluding hydrogens is 471 g/mol. The minimum atomic E-state index is -0.164. The van der Waals surface area contributed by atoms with E-state index in [0.29, 0.717) is 17.8 Å². The molecule has 1 aromatic carbocycles. The Labute approximate surface area is 207 Å². The molecule has 2 fully saturated rings. The lowest BCUT2D eigenvalue weighted by Crippen LogP contribution is -2.38. The molecule has 0 saturated carbocycles. The fourth-order valence-electron chi connectivity index (χ4n) is 5.30. The van der Waals surface area contributed by atoms with Crippen molar-refractivity contribution in [1.82, 2.24) is 9.80 Å². The summed E-state index contributed by atoms with van der Waals surface area (Å²) in [6, 6.07) is 13.3. The van der Waals surface area contributed by atoms with Gasteiger partial charge >= 0.3 is 0 Å². The van der Waals surface area contributed by atoms with Crippen molar-refractivity contribution in [2.75, 3.05) is 39.0 Å². The van der Waals surface area contributed by atoms with E-state index in [1.807, 2.05) is 18.2 Å². The average molecular weight is 501 g/mol. The van der Waals surface area contributed by atoms with E-state index >= 15 is 0 Å². The second-order valence-electron chi connectivity index (χ2n) is 9.08. The zero-order valence-electron chi connectivity index (χ0n) is 18.8. The van der Waals surface area contributed by atoms with Crippen LogP contribution in [0.15, 0.2) is 57.4 Å². The molecule has 2 aromatic heterocycles. The first-order valence-electron chi connectivity index (χ1n) is 11.5. The first kappa shape index (κ1) is 23.1. The maximum Gasteiger partial charge on any atom is 0.263 e. The van der Waals surface area contributed by atoms with Gasteiger partial charge in [0.1, 0.15) is 5.82 Å². The van der Waals surface area contributed by atoms with Gasteiger partial charge in [0.2, 0.25) is 0 Å². The summed E-state index contributed by atoms with van der Waals surface area (Å²) < 4.78 is 14.5. The molecule has 0 bridgehead atoms. The molecule has 33 heavy (non-hydrogen) atoms. The normalized spacial score (nSPS) is 22.2. The number of carbonyl (C=O) groups is 1. The maximum atomic E-state index is 13.3. The number of amides is 1. The fourth-order valence-corrected chi connectivity index (χ4v) is 7.54. The van der Waals surface area contributed by atoms with Crippen molar-refractivity contribution in [2.45, 2.75) is 28.9 Å². The lowest BCUT2D eigenvalue weighted by molar-refractivity contribution is 0.0786. The second kappa shape index (κ2) is 10.3. The molecule has 0 aliphatic carbocycles. The number of carbonyl (C=O) groups excluding carboxylic acids is 1. The number of rotatable bonds is 6. The van der Waals surface area contributed by atoms with E-state index in [9.17, 15) is 9.18 Å². The minimum absolute atomic E-state index is 0.164. The summed E-state index contributed by atoms with van der Waals surface area (Å²) in [4.78, 5) is 18.7. The maximum absolute atomic E-state index is 13.3. The van der Waals surface area contributed by atoms with Crippen molar-refractivity contribution in [3.8, 4) is 0 Å². The molecule has 0 spiro atoms. The van der Waals surface area contributed by atoms with Crippen LogP contribution in [0.3, 0.4) is 0 Å². The lowest BCUT2D eigenvalue weighted by atomic mass is 9.87. The molecular formula is C26H29FN2OS3. The topological polar surface area (TPSA) is 23.6 Å². The van der Waals surface area contributed by atoms with Crippen molar-refractivity contribution >= 4 is 40.3 Å². The smallest absolute Gasteiger partial charge is 0.263 e. The molecule has 7 heteroatoms. The molecule has 2 aliphatic rings. The van der Waals surface area contributed by atoms with E-state index in [2.05, 4.69) is 38.9 Å². The highest BCUT2D eigenvalue weighted by molar-refractivity contribution is 8.00. The number of thioether (sulfide) groups is 1. The van der Waals surface area contributed by atoms with Crippen LogP contribution in [-0.2, 0) is 0 Å². The van der Waals surface area contributed by atoms with Crippen LogP contribution < -0.4 is 0 Å². The van der Waals surface area contributed by atoms with E-state index < -0.39 is 0 Å². The van der Waals surface area contributed by atoms with Gasteiger partial charge in [0.25, 0.3) is 5.91 Å². The van der Waals surface area contributed by atoms with Gasteiger partial charge in [-0.05, 0) is 96.2 Å². The van der Waals surface area contributed by atoms with E-state index in [4.69, 9.17) is 0 Å². The monoisotopic (exact) mass is 500 g/mol. The summed E-state index contributed by atoms with van der Waals surface area (Å²) in [6.07, 6.45) is 4.27. The first-order valence-corrected chi connectivity index (χ1v) is 14.5. The number of benzene rings is 1. The second-order valence-corrected chi connectivity index (χ2v) is 12.1. The molecule has 3 aromatic rings. The van der Waals surface area contributed by atoms with Crippen molar-refractivity contribution in [2.24, 2.45) is 5.92 Å². The summed E-state index contributed by atoms with van der Waals surface area (Å²) in [6.45, 7) is 4.78. The number of nitrogens with zero attached hydrogens (tertiary/aromatic N) is 2. The van der Waals surface area contributed by atoms with Gasteiger partial charge in [0.05, 0.1) is 9.09 Å². The van der Waals surface area contributed by atoms with Crippen LogP contribution in [0.5, 0.6) is 0 Å². The predicted molar refractivity (Wildman–Crippen MR) is 137 cm³/mol. The predicted octanol–water partition coefficient (Wildman–Crippen LogP) is 6.41. The van der Waals surface area contributed by atoms with E-state index in [-0.39, 0.29) is 11.7 Å². The van der Waals surface area contributed by atoms with Gasteiger partial charge in [-0.15, -0.1) is 23.1 Å². The van der Waals surface area contributed by atoms with Gasteiger partial charge in [0.15, 0.2) is 0 Å². The number of thiophene rings is 2. The summed E-state index contributed by atoms with van der Waals surface area (Å²) in [5.41, 5.74) is 2.63. The van der Waals surface area contributed by atoms with Gasteiger partial charge in [-0.1, -0.05) is 12.1 Å². The van der Waals surface area contributed by atoms with E-state index in [0.717, 1.165) is 50.4 Å². The number of likely N-dealkylation sites (tertiary alicyclic amines) is 2. The van der Waals surface area contributed by atoms with Crippen LogP contribution in [0.1, 0.15) is 45.5 Å². The molecule has 4 heterocycles. The van der Waals surface area contributed by atoms with Gasteiger partial charge in [-0.25, -0.2) is 4.39 Å². The number of piperidine rings is 1. The van der Waals surface area contributed by atoms with Crippen LogP contribution in [0.4, 0.5) is 4.39 Å². The van der Waals surface area contributed by atoms with Crippen molar-refractivity contribution in [1.29, 1.82) is 0 Å². The quantitative estimate of drug-likeness (QED) is 0.366. The Balaban J connectivity index is 1.24. The van der Waals surface area contributed by atoms with Gasteiger partial charge in [0, 0.05) is 25.6 Å². The Hall–Kier alpha value is -1.67. The van der Waals surface area contributed by atoms with Crippen molar-refractivity contribution < 1.29 is 9.18 Å². The SMILES string of the molecule is CSc1ccc(C(=O)N2CC(CN3CCC(c4ccc(F)cc4)CC3)C(c3ccsc3)C2)s1. The van der Waals surface area contributed by atoms with Crippen molar-refractivity contribution in [3.63, 3.8) is 0 Å². The summed E-state index contributed by atoms with van der Waals surface area (Å²) in [5.74, 6) is 1.38. The number of halogens is 1. The fraction of sp³-hybridized carbons (Fsp3) is 0.423. The van der Waals surface area contributed by atoms with Gasteiger partial charge < -0.3 is 9.80 Å². The Kier molecular flexibility index (Phi) is 7.21. The molecule has 5 rings (SSSR count). The molecule has 0 N–H and O–H groups in total. The highest BCUT2D eigenvalue weighted by Crippen LogP contribution is 2.37. The molecule has 0 radical (unpaired) electrons. The third-order valence-corrected chi connectivity index (χ3v) is 9.97. The molecule has 2 saturated heterocycles. The minimum Gasteiger partial charge on any atom is -0.337 e. The average Bonchev–Trinajstić information content (AvgIpc) is 3.60. The molecule has 174 valence electrons. The molecule has 3 nitrogen and oxygen atoms in total. The van der Waals surface area contributed by atoms with Gasteiger partial charge in [-0.2, -0.15) is 11.3 Å². The Morgan fingerprint density at radius 2 is 1.85 bits per heavy atom. The zero-order chi connectivity index (χ0) is 22.8. The van der Waals surface area contributed by atoms with Crippen LogP contribution in [0.2, 0.25) is 0 Å². The lowest BCUT2D eigenvalue weighted by Gasteiger charge is -2.34. The summed E-state index contributed by atoms with van der Waals surface area (Å²) in [7, 11) is 0. The summed E-state index contributed by atoms with van der Waals surface area (Å²) in [5, 5.41) is 4.40. The number of hydrogen-bond acceptors (Lipinski definition) is 5. The first-order chi connectivity index (χ1) is 16.1. The Morgan fingerprint density at radius 3 is 2.52 bits per heavy atom. The van der Waals surface area contributed by atoms with Crippen LogP contribution in [0, 0.1) is 11.7 Å².